The van der Waals surface area contributed by atoms with Crippen LogP contribution >= 0.6 is 11.3 Å². The van der Waals surface area contributed by atoms with E-state index in [-0.39, 0.29) is 42.5 Å². The summed E-state index contributed by atoms with van der Waals surface area (Å²) in [5.41, 5.74) is 6.37. The molecule has 0 unspecified atom stereocenters. The summed E-state index contributed by atoms with van der Waals surface area (Å²) in [5.74, 6) is 0.890. The molecule has 10 aromatic rings. The van der Waals surface area contributed by atoms with Gasteiger partial charge >= 0.3 is 0 Å². The van der Waals surface area contributed by atoms with E-state index < -0.39 is 20.6 Å². The predicted octanol–water partition coefficient (Wildman–Crippen LogP) is 12.5. The molecule has 0 saturated heterocycles. The van der Waals surface area contributed by atoms with Crippen LogP contribution in [0.15, 0.2) is 152 Å². The average Bonchev–Trinajstić information content (AvgIpc) is 3.90. The van der Waals surface area contributed by atoms with Crippen molar-refractivity contribution in [3.8, 4) is 38.9 Å². The van der Waals surface area contributed by atoms with Crippen LogP contribution in [0.2, 0.25) is 0 Å². The SMILES string of the molecule is [2H]C([2H])([2H])c1c[c-]c(-c2cc(C([2H])([2H])[2H])c(C([2H])([2H])[2H])cn2)cc1.[Ir].[c-]1ccccc1-c1nc2ccccc2n1-c1ccc2c(c1)c1ccccc1c1nc(-c3ccccc3)sc21. The molecule has 3 aromatic heterocycles. The molecule has 0 fully saturated rings. The molecule has 0 N–H and O–H groups in total. The van der Waals surface area contributed by atoms with E-state index in [4.69, 9.17) is 22.3 Å². The van der Waals surface area contributed by atoms with Gasteiger partial charge in [-0.05, 0) is 60.0 Å². The number of benzene rings is 7. The normalized spacial score (nSPS) is 14.3. The molecule has 6 heteroatoms. The third kappa shape index (κ3) is 6.54. The largest absolute Gasteiger partial charge is 0.333 e. The minimum atomic E-state index is -2.61. The Bertz CT molecular complexity index is 3250. The maximum absolute atomic E-state index is 7.54. The van der Waals surface area contributed by atoms with Gasteiger partial charge in [-0.1, -0.05) is 91.3 Å². The van der Waals surface area contributed by atoms with E-state index in [0.717, 1.165) is 50.4 Å². The van der Waals surface area contributed by atoms with Crippen molar-refractivity contribution in [1.82, 2.24) is 19.5 Å². The van der Waals surface area contributed by atoms with Crippen LogP contribution in [-0.2, 0) is 20.1 Å². The van der Waals surface area contributed by atoms with Crippen LogP contribution in [0.5, 0.6) is 0 Å². The topological polar surface area (TPSA) is 43.6 Å². The molecule has 3 heterocycles. The third-order valence-corrected chi connectivity index (χ3v) is 10.3. The molecule has 4 nitrogen and oxygen atoms in total. The first-order valence-electron chi connectivity index (χ1n) is 21.4. The van der Waals surface area contributed by atoms with Crippen molar-refractivity contribution < 1.29 is 32.4 Å². The number of para-hydroxylation sites is 2. The zero-order valence-electron chi connectivity index (χ0n) is 37.5. The van der Waals surface area contributed by atoms with E-state index >= 15 is 0 Å². The van der Waals surface area contributed by atoms with Gasteiger partial charge in [0.2, 0.25) is 0 Å². The first-order chi connectivity index (χ1) is 29.6. The van der Waals surface area contributed by atoms with E-state index in [0.29, 0.717) is 5.56 Å². The van der Waals surface area contributed by atoms with E-state index in [1.807, 2.05) is 30.3 Å². The van der Waals surface area contributed by atoms with E-state index in [2.05, 4.69) is 113 Å². The zero-order valence-corrected chi connectivity index (χ0v) is 31.7. The summed E-state index contributed by atoms with van der Waals surface area (Å²) in [6.45, 7) is -7.47. The smallest absolute Gasteiger partial charge is 0.124 e. The monoisotopic (exact) mass is 900 g/mol. The Morgan fingerprint density at radius 2 is 1.46 bits per heavy atom. The molecule has 263 valence electrons. The van der Waals surface area contributed by atoms with Crippen molar-refractivity contribution in [2.75, 3.05) is 0 Å². The second kappa shape index (κ2) is 14.9. The van der Waals surface area contributed by atoms with Crippen LogP contribution in [-0.4, -0.2) is 19.5 Å². The Labute approximate surface area is 344 Å². The maximum Gasteiger partial charge on any atom is 0.124 e. The van der Waals surface area contributed by atoms with E-state index in [9.17, 15) is 0 Å². The summed E-state index contributed by atoms with van der Waals surface area (Å²) in [5, 5.41) is 5.87. The molecular weight excluding hydrogens is 857 g/mol. The van der Waals surface area contributed by atoms with Crippen molar-refractivity contribution >= 4 is 54.1 Å². The molecule has 54 heavy (non-hydrogen) atoms. The van der Waals surface area contributed by atoms with Gasteiger partial charge in [0.1, 0.15) is 5.01 Å². The summed E-state index contributed by atoms with van der Waals surface area (Å²) in [7, 11) is 0. The van der Waals surface area contributed by atoms with Crippen LogP contribution in [0.25, 0.3) is 81.7 Å². The number of fused-ring (bicyclic) bond motifs is 7. The van der Waals surface area contributed by atoms with Crippen molar-refractivity contribution in [3.05, 3.63) is 181 Å². The number of hydrogen-bond donors (Lipinski definition) is 0. The molecule has 7 aromatic carbocycles. The molecule has 0 aliphatic heterocycles. The quantitative estimate of drug-likeness (QED) is 0.131. The summed E-state index contributed by atoms with van der Waals surface area (Å²) >= 11 is 1.77. The first-order valence-corrected chi connectivity index (χ1v) is 17.8. The van der Waals surface area contributed by atoms with Crippen LogP contribution in [0.1, 0.15) is 29.0 Å². The molecule has 0 amide bonds. The molecule has 0 aliphatic rings. The molecule has 10 rings (SSSR count). The number of rotatable bonds is 4. The third-order valence-electron chi connectivity index (χ3n) is 9.13. The molecule has 1 radical (unpaired) electrons. The number of aryl methyl sites for hydroxylation is 3. The van der Waals surface area contributed by atoms with Crippen LogP contribution in [0.3, 0.4) is 0 Å². The minimum Gasteiger partial charge on any atom is -0.333 e. The van der Waals surface area contributed by atoms with Crippen LogP contribution < -0.4 is 0 Å². The summed E-state index contributed by atoms with van der Waals surface area (Å²) in [4.78, 5) is 14.1. The Kier molecular flexibility index (Phi) is 7.20. The van der Waals surface area contributed by atoms with Gasteiger partial charge in [0.25, 0.3) is 0 Å². The maximum atomic E-state index is 7.54. The Balaban J connectivity index is 0.000000190. The molecule has 0 spiro atoms. The van der Waals surface area contributed by atoms with E-state index in [1.54, 1.807) is 11.3 Å². The van der Waals surface area contributed by atoms with Crippen molar-refractivity contribution in [1.29, 1.82) is 0 Å². The molecule has 0 saturated carbocycles. The molecule has 0 bridgehead atoms. The fourth-order valence-corrected chi connectivity index (χ4v) is 7.72. The van der Waals surface area contributed by atoms with Gasteiger partial charge in [0.05, 0.1) is 27.1 Å². The summed E-state index contributed by atoms with van der Waals surface area (Å²) < 4.78 is 70.4. The number of pyridine rings is 1. The number of thiazole rings is 1. The van der Waals surface area contributed by atoms with Gasteiger partial charge in [-0.25, -0.2) is 4.98 Å². The standard InChI is InChI=1S/C34H20N3S.C14H14N.Ir/c1-3-11-22(12-4-1)33-35-29-17-9-10-18-30(29)37(33)24-19-20-27-28(21-24)25-15-7-8-16-26(25)31-32(27)38-34(36-31)23-13-5-2-6-14-23;1-10-4-6-13(7-5-10)14-8-11(2)12(3)9-15-14;/h1-11,13-21H;4-6,8-9H,1-3H3;/q2*-1;/i;1D3,2D3,3D3;. The fraction of sp³-hybridized carbons (Fsp3) is 0.0625. The molecule has 0 aliphatic carbocycles. The van der Waals surface area contributed by atoms with E-state index in [1.165, 1.54) is 50.5 Å². The van der Waals surface area contributed by atoms with Gasteiger partial charge in [0.15, 0.2) is 0 Å². The number of nitrogens with zero attached hydrogens (tertiary/aromatic N) is 4. The Hall–Kier alpha value is -5.78. The first kappa shape index (κ1) is 26.1. The van der Waals surface area contributed by atoms with Gasteiger partial charge in [-0.15, -0.1) is 82.6 Å². The van der Waals surface area contributed by atoms with Crippen LogP contribution in [0, 0.1) is 32.7 Å². The second-order valence-corrected chi connectivity index (χ2v) is 13.5. The zero-order chi connectivity index (χ0) is 43.4. The second-order valence-electron chi connectivity index (χ2n) is 12.5. The van der Waals surface area contributed by atoms with Crippen molar-refractivity contribution in [2.45, 2.75) is 20.6 Å². The van der Waals surface area contributed by atoms with Crippen molar-refractivity contribution in [2.24, 2.45) is 0 Å². The van der Waals surface area contributed by atoms with Gasteiger partial charge < -0.3 is 9.55 Å². The van der Waals surface area contributed by atoms with Gasteiger partial charge in [0, 0.05) is 60.7 Å². The number of hydrogen-bond acceptors (Lipinski definition) is 4. The van der Waals surface area contributed by atoms with Gasteiger partial charge in [-0.3, -0.25) is 4.98 Å². The average molecular weight is 900 g/mol. The summed E-state index contributed by atoms with van der Waals surface area (Å²) in [6.07, 6.45) is 1.02. The van der Waals surface area contributed by atoms with Crippen molar-refractivity contribution in [3.63, 3.8) is 0 Å². The fourth-order valence-electron chi connectivity index (χ4n) is 6.59. The number of aromatic nitrogens is 4. The minimum absolute atomic E-state index is 0. The molecule has 0 atom stereocenters. The summed E-state index contributed by atoms with van der Waals surface area (Å²) in [6, 6.07) is 53.6. The molecular formula is C48H34IrN4S-2. The van der Waals surface area contributed by atoms with Gasteiger partial charge in [-0.2, -0.15) is 0 Å². The predicted molar refractivity (Wildman–Crippen MR) is 222 cm³/mol. The Morgan fingerprint density at radius 1 is 0.648 bits per heavy atom. The number of imidazole rings is 1. The Morgan fingerprint density at radius 3 is 2.26 bits per heavy atom. The van der Waals surface area contributed by atoms with Crippen LogP contribution in [0.4, 0.5) is 0 Å².